The van der Waals surface area contributed by atoms with Crippen molar-refractivity contribution in [1.29, 1.82) is 0 Å². The fraction of sp³-hybridized carbons (Fsp3) is 0.833. The van der Waals surface area contributed by atoms with Crippen molar-refractivity contribution >= 4 is 0 Å². The first kappa shape index (κ1) is 43.4. The number of hydrogen-bond donors (Lipinski definition) is 3. The van der Waals surface area contributed by atoms with Crippen molar-refractivity contribution in [3.8, 4) is 0 Å². The molecule has 0 aliphatic rings. The predicted molar refractivity (Wildman–Crippen MR) is 99.1 cm³/mol. The fourth-order valence-electron chi connectivity index (χ4n) is 0. The third kappa shape index (κ3) is 573. The first-order chi connectivity index (χ1) is 9.99. The molecule has 0 unspecified atom stereocenters. The Bertz CT molecular complexity index is 55.1. The number of hydrogen-bond acceptors (Lipinski definition) is 3. The Morgan fingerprint density at radius 2 is 0.545 bits per heavy atom. The third-order valence-corrected chi connectivity index (χ3v) is 1.06. The van der Waals surface area contributed by atoms with E-state index in [9.17, 15) is 0 Å². The second kappa shape index (κ2) is 98.4. The fourth-order valence-corrected chi connectivity index (χ4v) is 0. The van der Waals surface area contributed by atoms with Crippen molar-refractivity contribution in [3.05, 3.63) is 20.8 Å². The zero-order valence-electron chi connectivity index (χ0n) is 16.3. The second-order valence-corrected chi connectivity index (χ2v) is 3.51. The van der Waals surface area contributed by atoms with E-state index in [0.29, 0.717) is 0 Å². The molecule has 0 aliphatic carbocycles. The van der Waals surface area contributed by atoms with E-state index < -0.39 is 0 Å². The van der Waals surface area contributed by atoms with Gasteiger partial charge in [0.25, 0.3) is 0 Å². The number of rotatable bonds is 3. The molecule has 22 heavy (non-hydrogen) atoms. The molecule has 0 amide bonds. The summed E-state index contributed by atoms with van der Waals surface area (Å²) in [6.45, 7) is 23.0. The molecule has 3 N–H and O–H groups in total. The maximum absolute atomic E-state index is 7.57. The van der Waals surface area contributed by atoms with Crippen LogP contribution < -0.4 is 0 Å². The molecule has 0 heterocycles. The molecule has 0 aromatic heterocycles. The summed E-state index contributed by atoms with van der Waals surface area (Å²) in [6, 6.07) is 0. The van der Waals surface area contributed by atoms with Crippen LogP contribution in [0.25, 0.3) is 0 Å². The van der Waals surface area contributed by atoms with Gasteiger partial charge in [-0.05, 0) is 20.8 Å². The van der Waals surface area contributed by atoms with Gasteiger partial charge >= 0.3 is 26.2 Å². The summed E-state index contributed by atoms with van der Waals surface area (Å²) < 4.78 is 0. The molecule has 1 radical (unpaired) electrons. The maximum Gasteiger partial charge on any atom is 3.00 e. The SMILES string of the molecule is CCO.CCO.CCO.[CH2-]CCC.[CH2-]CCC.[CH2-]CCC.[Zr+3]. The quantitative estimate of drug-likeness (QED) is 0.593. The average molecular weight is 401 g/mol. The minimum atomic E-state index is 0. The topological polar surface area (TPSA) is 60.7 Å². The summed E-state index contributed by atoms with van der Waals surface area (Å²) in [4.78, 5) is 0. The van der Waals surface area contributed by atoms with Gasteiger partial charge in [0.1, 0.15) is 0 Å². The summed E-state index contributed by atoms with van der Waals surface area (Å²) in [7, 11) is 0. The third-order valence-electron chi connectivity index (χ3n) is 1.06. The number of aliphatic hydroxyl groups excluding tert-OH is 3. The number of aliphatic hydroxyl groups is 3. The van der Waals surface area contributed by atoms with E-state index in [1.165, 1.54) is 19.3 Å². The van der Waals surface area contributed by atoms with Crippen molar-refractivity contribution in [3.63, 3.8) is 0 Å². The van der Waals surface area contributed by atoms with Crippen molar-refractivity contribution < 1.29 is 41.5 Å². The molecule has 0 rings (SSSR count). The molecule has 0 spiro atoms. The van der Waals surface area contributed by atoms with E-state index in [1.807, 2.05) is 0 Å². The van der Waals surface area contributed by atoms with Gasteiger partial charge < -0.3 is 36.1 Å². The summed E-state index contributed by atoms with van der Waals surface area (Å²) in [5.74, 6) is 0. The smallest absolute Gasteiger partial charge is 0.397 e. The van der Waals surface area contributed by atoms with Crippen molar-refractivity contribution in [2.45, 2.75) is 80.1 Å². The van der Waals surface area contributed by atoms with E-state index in [0.717, 1.165) is 19.3 Å². The molecule has 0 aliphatic heterocycles. The molecule has 0 saturated carbocycles. The Balaban J connectivity index is -0.0000000245. The van der Waals surface area contributed by atoms with Gasteiger partial charge in [0, 0.05) is 19.8 Å². The monoisotopic (exact) mass is 399 g/mol. The normalized spacial score (nSPS) is 6.55. The molecular formula is C18H45O3Zr. The average Bonchev–Trinajstić information content (AvgIpc) is 2.50. The summed E-state index contributed by atoms with van der Waals surface area (Å²) in [5.41, 5.74) is 0. The summed E-state index contributed by atoms with van der Waals surface area (Å²) in [5, 5.41) is 22.7. The molecule has 0 atom stereocenters. The van der Waals surface area contributed by atoms with Crippen LogP contribution in [0.1, 0.15) is 80.1 Å². The second-order valence-electron chi connectivity index (χ2n) is 3.51. The molecule has 0 fully saturated rings. The van der Waals surface area contributed by atoms with Crippen LogP contribution in [-0.2, 0) is 26.2 Å². The largest absolute Gasteiger partial charge is 3.00 e. The van der Waals surface area contributed by atoms with Gasteiger partial charge in [-0.3, -0.25) is 0 Å². The van der Waals surface area contributed by atoms with Crippen LogP contribution in [0.4, 0.5) is 0 Å². The van der Waals surface area contributed by atoms with Gasteiger partial charge in [0.05, 0.1) is 0 Å². The summed E-state index contributed by atoms with van der Waals surface area (Å²) in [6.07, 6.45) is 6.83. The zero-order valence-corrected chi connectivity index (χ0v) is 18.8. The van der Waals surface area contributed by atoms with Crippen LogP contribution in [0.15, 0.2) is 0 Å². The van der Waals surface area contributed by atoms with Crippen molar-refractivity contribution in [2.75, 3.05) is 19.8 Å². The first-order valence-corrected chi connectivity index (χ1v) is 8.19. The molecule has 0 saturated heterocycles. The van der Waals surface area contributed by atoms with Crippen molar-refractivity contribution in [1.82, 2.24) is 0 Å². The Labute approximate surface area is 162 Å². The Morgan fingerprint density at radius 3 is 0.545 bits per heavy atom. The van der Waals surface area contributed by atoms with Crippen LogP contribution >= 0.6 is 0 Å². The minimum absolute atomic E-state index is 0. The molecule has 0 bridgehead atoms. The van der Waals surface area contributed by atoms with Gasteiger partial charge in [0.2, 0.25) is 0 Å². The minimum Gasteiger partial charge on any atom is -0.397 e. The van der Waals surface area contributed by atoms with E-state index in [-0.39, 0.29) is 46.0 Å². The van der Waals surface area contributed by atoms with Gasteiger partial charge in [-0.25, -0.2) is 0 Å². The zero-order chi connectivity index (χ0) is 18.4. The van der Waals surface area contributed by atoms with Crippen LogP contribution in [0, 0.1) is 20.8 Å². The molecule has 0 aromatic carbocycles. The van der Waals surface area contributed by atoms with Crippen LogP contribution in [0.3, 0.4) is 0 Å². The van der Waals surface area contributed by atoms with Crippen LogP contribution in [0.5, 0.6) is 0 Å². The standard InChI is InChI=1S/3C4H9.3C2H6O.Zr/c3*1-3-4-2;3*1-2-3;/h3*1,3-4H2,2H3;3*3H,2H2,1H3;/q3*-1;;;;+3. The Hall–Kier alpha value is 0.763. The molecular weight excluding hydrogens is 355 g/mol. The molecule has 4 heteroatoms. The van der Waals surface area contributed by atoms with Gasteiger partial charge in [-0.2, -0.15) is 19.3 Å². The van der Waals surface area contributed by atoms with Crippen molar-refractivity contribution in [2.24, 2.45) is 0 Å². The van der Waals surface area contributed by atoms with Gasteiger partial charge in [0.15, 0.2) is 0 Å². The van der Waals surface area contributed by atoms with E-state index in [1.54, 1.807) is 20.8 Å². The van der Waals surface area contributed by atoms with Gasteiger partial charge in [-0.15, -0.1) is 0 Å². The van der Waals surface area contributed by atoms with E-state index in [4.69, 9.17) is 15.3 Å². The van der Waals surface area contributed by atoms with E-state index in [2.05, 4.69) is 41.5 Å². The van der Waals surface area contributed by atoms with Crippen LogP contribution in [-0.4, -0.2) is 35.1 Å². The first-order valence-electron chi connectivity index (χ1n) is 8.19. The molecule has 0 aromatic rings. The Kier molecular flexibility index (Phi) is 194. The predicted octanol–water partition coefficient (Wildman–Crippen LogP) is 4.86. The Morgan fingerprint density at radius 1 is 0.500 bits per heavy atom. The summed E-state index contributed by atoms with van der Waals surface area (Å²) >= 11 is 0. The molecule has 3 nitrogen and oxygen atoms in total. The number of unbranched alkanes of at least 4 members (excludes halogenated alkanes) is 3. The van der Waals surface area contributed by atoms with E-state index >= 15 is 0 Å². The maximum atomic E-state index is 7.57. The molecule has 139 valence electrons. The van der Waals surface area contributed by atoms with Gasteiger partial charge in [-0.1, -0.05) is 40.0 Å². The van der Waals surface area contributed by atoms with Crippen LogP contribution in [0.2, 0.25) is 0 Å².